The van der Waals surface area contributed by atoms with Crippen LogP contribution in [0.5, 0.6) is 0 Å². The molecule has 4 aromatic rings. The summed E-state index contributed by atoms with van der Waals surface area (Å²) in [6.07, 6.45) is 1.23. The largest absolute Gasteiger partial charge is 0.478 e. The van der Waals surface area contributed by atoms with Crippen LogP contribution in [0.1, 0.15) is 71.6 Å². The fraction of sp³-hybridized carbons (Fsp3) is 0.240. The highest BCUT2D eigenvalue weighted by Gasteiger charge is 2.28. The van der Waals surface area contributed by atoms with E-state index in [-0.39, 0.29) is 41.1 Å². The first-order valence-corrected chi connectivity index (χ1v) is 11.5. The fourth-order valence-corrected chi connectivity index (χ4v) is 4.60. The molecule has 188 valence electrons. The van der Waals surface area contributed by atoms with Crippen LogP contribution in [0.4, 0.5) is 4.39 Å². The van der Waals surface area contributed by atoms with Gasteiger partial charge in [0.15, 0.2) is 0 Å². The van der Waals surface area contributed by atoms with Crippen molar-refractivity contribution in [2.24, 2.45) is 0 Å². The Kier molecular flexibility index (Phi) is 6.07. The van der Waals surface area contributed by atoms with E-state index < -0.39 is 17.8 Å². The van der Waals surface area contributed by atoms with Crippen LogP contribution in [0.25, 0.3) is 5.78 Å². The van der Waals surface area contributed by atoms with E-state index >= 15 is 0 Å². The predicted molar refractivity (Wildman–Crippen MR) is 128 cm³/mol. The van der Waals surface area contributed by atoms with Gasteiger partial charge in [-0.15, -0.1) is 0 Å². The van der Waals surface area contributed by atoms with E-state index in [0.29, 0.717) is 29.5 Å². The molecule has 1 atom stereocenters. The molecular weight excluding hydrogens is 481 g/mol. The standard InChI is InChI=1S/C25H22FN7O4/c1-12-9-14(3-7-18(12)26)11-27-23(35)21-10-20(29-25-30-31-32-33(21)25)22(34)28-19-8-6-15-13(2)16(24(36)37)4-5-17(15)19/h3-5,7,9-10,19H,6,8,11H2,1-2H3,(H,27,35)(H,28,34)(H,36,37)/t19-/m0/s1. The Labute approximate surface area is 209 Å². The highest BCUT2D eigenvalue weighted by atomic mass is 19.1. The Hall–Kier alpha value is -4.74. The molecule has 3 N–H and O–H groups in total. The number of nitrogens with zero attached hydrogens (tertiary/aromatic N) is 5. The van der Waals surface area contributed by atoms with E-state index in [2.05, 4.69) is 31.1 Å². The molecule has 0 bridgehead atoms. The number of tetrazole rings is 1. The van der Waals surface area contributed by atoms with E-state index in [9.17, 15) is 23.9 Å². The fourth-order valence-electron chi connectivity index (χ4n) is 4.60. The number of carbonyl (C=O) groups excluding carboxylic acids is 2. The third-order valence-electron chi connectivity index (χ3n) is 6.54. The summed E-state index contributed by atoms with van der Waals surface area (Å²) in [5.74, 6) is -2.42. The quantitative estimate of drug-likeness (QED) is 0.363. The minimum Gasteiger partial charge on any atom is -0.478 e. The van der Waals surface area contributed by atoms with Crippen LogP contribution in [-0.2, 0) is 13.0 Å². The number of aromatic carboxylic acids is 1. The van der Waals surface area contributed by atoms with Crippen molar-refractivity contribution in [2.75, 3.05) is 0 Å². The first-order valence-electron chi connectivity index (χ1n) is 11.5. The van der Waals surface area contributed by atoms with Gasteiger partial charge in [-0.2, -0.15) is 4.52 Å². The van der Waals surface area contributed by atoms with Crippen molar-refractivity contribution in [3.8, 4) is 0 Å². The van der Waals surface area contributed by atoms with Crippen LogP contribution >= 0.6 is 0 Å². The number of aromatic nitrogens is 5. The van der Waals surface area contributed by atoms with Crippen LogP contribution in [0.2, 0.25) is 0 Å². The minimum absolute atomic E-state index is 0.00718. The van der Waals surface area contributed by atoms with Crippen molar-refractivity contribution in [3.05, 3.63) is 87.0 Å². The lowest BCUT2D eigenvalue weighted by Crippen LogP contribution is -2.30. The Balaban J connectivity index is 1.37. The van der Waals surface area contributed by atoms with E-state index in [1.807, 2.05) is 0 Å². The summed E-state index contributed by atoms with van der Waals surface area (Å²) in [5.41, 5.74) is 3.81. The number of halogens is 1. The summed E-state index contributed by atoms with van der Waals surface area (Å²) in [4.78, 5) is 41.8. The van der Waals surface area contributed by atoms with Gasteiger partial charge in [-0.3, -0.25) is 9.59 Å². The van der Waals surface area contributed by atoms with Crippen LogP contribution in [0.3, 0.4) is 0 Å². The van der Waals surface area contributed by atoms with Gasteiger partial charge in [-0.05, 0) is 77.1 Å². The molecule has 2 aromatic carbocycles. The number of benzene rings is 2. The van der Waals surface area contributed by atoms with E-state index in [4.69, 9.17) is 0 Å². The van der Waals surface area contributed by atoms with Crippen LogP contribution < -0.4 is 10.6 Å². The predicted octanol–water partition coefficient (Wildman–Crippen LogP) is 2.32. The van der Waals surface area contributed by atoms with Crippen LogP contribution in [0, 0.1) is 19.7 Å². The number of hydrogen-bond donors (Lipinski definition) is 3. The maximum absolute atomic E-state index is 13.5. The normalized spacial score (nSPS) is 14.4. The summed E-state index contributed by atoms with van der Waals surface area (Å²) >= 11 is 0. The molecule has 11 nitrogen and oxygen atoms in total. The molecule has 0 spiro atoms. The molecule has 5 rings (SSSR count). The first kappa shape index (κ1) is 24.0. The summed E-state index contributed by atoms with van der Waals surface area (Å²) in [6.45, 7) is 3.52. The lowest BCUT2D eigenvalue weighted by molar-refractivity contribution is 0.0695. The molecule has 1 aliphatic carbocycles. The third-order valence-corrected chi connectivity index (χ3v) is 6.54. The second-order valence-electron chi connectivity index (χ2n) is 8.86. The number of carboxylic acid groups (broad SMARTS) is 1. The monoisotopic (exact) mass is 503 g/mol. The zero-order chi connectivity index (χ0) is 26.3. The SMILES string of the molecule is Cc1cc(CNC(=O)c2cc(C(=O)N[C@H]3CCc4c3ccc(C(=O)O)c4C)nc3nnnn23)ccc1F. The van der Waals surface area contributed by atoms with Crippen molar-refractivity contribution in [2.45, 2.75) is 39.3 Å². The molecule has 0 unspecified atom stereocenters. The van der Waals surface area contributed by atoms with Crippen molar-refractivity contribution in [1.29, 1.82) is 0 Å². The molecule has 2 aromatic heterocycles. The molecule has 2 amide bonds. The molecule has 2 heterocycles. The molecular formula is C25H22FN7O4. The lowest BCUT2D eigenvalue weighted by Gasteiger charge is -2.15. The molecule has 0 fully saturated rings. The summed E-state index contributed by atoms with van der Waals surface area (Å²) < 4.78 is 14.7. The zero-order valence-electron chi connectivity index (χ0n) is 19.9. The van der Waals surface area contributed by atoms with E-state index in [1.165, 1.54) is 18.2 Å². The molecule has 12 heteroatoms. The van der Waals surface area contributed by atoms with E-state index in [0.717, 1.165) is 15.6 Å². The second kappa shape index (κ2) is 9.37. The van der Waals surface area contributed by atoms with Crippen LogP contribution in [0.15, 0.2) is 36.4 Å². The minimum atomic E-state index is -0.993. The molecule has 37 heavy (non-hydrogen) atoms. The average Bonchev–Trinajstić information content (AvgIpc) is 3.51. The van der Waals surface area contributed by atoms with Gasteiger partial charge in [-0.1, -0.05) is 23.3 Å². The number of carboxylic acids is 1. The van der Waals surface area contributed by atoms with Crippen molar-refractivity contribution in [1.82, 2.24) is 35.7 Å². The maximum atomic E-state index is 13.5. The summed E-state index contributed by atoms with van der Waals surface area (Å²) in [7, 11) is 0. The Morgan fingerprint density at radius 1 is 1.14 bits per heavy atom. The van der Waals surface area contributed by atoms with E-state index in [1.54, 1.807) is 32.0 Å². The number of nitrogens with one attached hydrogen (secondary N) is 2. The molecule has 0 aliphatic heterocycles. The average molecular weight is 503 g/mol. The van der Waals surface area contributed by atoms with Crippen molar-refractivity contribution < 1.29 is 23.9 Å². The van der Waals surface area contributed by atoms with Gasteiger partial charge in [0, 0.05) is 12.6 Å². The molecule has 0 radical (unpaired) electrons. The first-order chi connectivity index (χ1) is 17.7. The third kappa shape index (κ3) is 4.48. The van der Waals surface area contributed by atoms with Gasteiger partial charge in [-0.25, -0.2) is 14.2 Å². The number of fused-ring (bicyclic) bond motifs is 2. The summed E-state index contributed by atoms with van der Waals surface area (Å²) in [6, 6.07) is 8.76. The zero-order valence-corrected chi connectivity index (χ0v) is 19.9. The lowest BCUT2D eigenvalue weighted by atomic mass is 9.98. The Morgan fingerprint density at radius 2 is 1.95 bits per heavy atom. The van der Waals surface area contributed by atoms with Gasteiger partial charge in [0.05, 0.1) is 11.6 Å². The molecule has 0 saturated heterocycles. The summed E-state index contributed by atoms with van der Waals surface area (Å²) in [5, 5.41) is 26.2. The second-order valence-corrected chi connectivity index (χ2v) is 8.86. The van der Waals surface area contributed by atoms with Gasteiger partial charge >= 0.3 is 5.97 Å². The number of hydrogen-bond acceptors (Lipinski definition) is 7. The van der Waals surface area contributed by atoms with Gasteiger partial charge in [0.2, 0.25) is 0 Å². The molecule has 0 saturated carbocycles. The Bertz CT molecular complexity index is 1580. The number of amides is 2. The highest BCUT2D eigenvalue weighted by Crippen LogP contribution is 2.34. The number of aryl methyl sites for hydroxylation is 1. The van der Waals surface area contributed by atoms with Gasteiger partial charge in [0.25, 0.3) is 17.6 Å². The topological polar surface area (TPSA) is 151 Å². The van der Waals surface area contributed by atoms with Crippen LogP contribution in [-0.4, -0.2) is 47.9 Å². The van der Waals surface area contributed by atoms with Crippen molar-refractivity contribution >= 4 is 23.6 Å². The molecule has 1 aliphatic rings. The number of rotatable bonds is 6. The highest BCUT2D eigenvalue weighted by molar-refractivity contribution is 5.98. The smallest absolute Gasteiger partial charge is 0.335 e. The maximum Gasteiger partial charge on any atom is 0.335 e. The Morgan fingerprint density at radius 3 is 2.70 bits per heavy atom. The number of carbonyl (C=O) groups is 3. The van der Waals surface area contributed by atoms with Gasteiger partial charge < -0.3 is 15.7 Å². The van der Waals surface area contributed by atoms with Gasteiger partial charge in [0.1, 0.15) is 17.2 Å². The van der Waals surface area contributed by atoms with Crippen molar-refractivity contribution in [3.63, 3.8) is 0 Å².